The first-order chi connectivity index (χ1) is 17.4. The molecule has 0 atom stereocenters. The summed E-state index contributed by atoms with van der Waals surface area (Å²) in [7, 11) is -2.52. The highest BCUT2D eigenvalue weighted by molar-refractivity contribution is 7.92. The van der Waals surface area contributed by atoms with E-state index in [1.807, 2.05) is 79.7 Å². The Labute approximate surface area is 212 Å². The van der Waals surface area contributed by atoms with E-state index in [9.17, 15) is 13.2 Å². The van der Waals surface area contributed by atoms with Crippen LogP contribution in [0.1, 0.15) is 22.7 Å². The van der Waals surface area contributed by atoms with E-state index < -0.39 is 22.0 Å². The fourth-order valence-electron chi connectivity index (χ4n) is 3.89. The van der Waals surface area contributed by atoms with Gasteiger partial charge in [-0.05, 0) is 54.4 Å². The number of nitrogens with zero attached hydrogens (tertiary/aromatic N) is 1. The maximum Gasteiger partial charge on any atom is 0.264 e. The number of benzene rings is 4. The molecule has 0 radical (unpaired) electrons. The van der Waals surface area contributed by atoms with Gasteiger partial charge in [-0.2, -0.15) is 0 Å². The van der Waals surface area contributed by atoms with Crippen molar-refractivity contribution in [3.63, 3.8) is 0 Å². The summed E-state index contributed by atoms with van der Waals surface area (Å²) >= 11 is 0. The molecule has 0 aliphatic carbocycles. The average Bonchev–Trinajstić information content (AvgIpc) is 2.92. The Hall–Kier alpha value is -4.10. The summed E-state index contributed by atoms with van der Waals surface area (Å²) in [6.45, 7) is 1.54. The zero-order valence-electron chi connectivity index (χ0n) is 20.2. The van der Waals surface area contributed by atoms with Crippen molar-refractivity contribution in [1.29, 1.82) is 0 Å². The van der Waals surface area contributed by atoms with Crippen molar-refractivity contribution in [2.24, 2.45) is 0 Å². The summed E-state index contributed by atoms with van der Waals surface area (Å²) in [5.74, 6) is 0.118. The quantitative estimate of drug-likeness (QED) is 0.347. The Kier molecular flexibility index (Phi) is 7.71. The predicted molar refractivity (Wildman–Crippen MR) is 142 cm³/mol. The third kappa shape index (κ3) is 5.75. The molecule has 6 nitrogen and oxygen atoms in total. The Morgan fingerprint density at radius 1 is 0.806 bits per heavy atom. The molecule has 0 spiro atoms. The lowest BCUT2D eigenvalue weighted by Gasteiger charge is -2.26. The molecule has 0 aliphatic rings. The van der Waals surface area contributed by atoms with Crippen LogP contribution in [0.5, 0.6) is 5.75 Å². The van der Waals surface area contributed by atoms with Gasteiger partial charge in [-0.15, -0.1) is 0 Å². The summed E-state index contributed by atoms with van der Waals surface area (Å²) < 4.78 is 33.7. The summed E-state index contributed by atoms with van der Waals surface area (Å²) in [6.07, 6.45) is 0. The van der Waals surface area contributed by atoms with Crippen LogP contribution in [-0.4, -0.2) is 28.0 Å². The number of amides is 1. The summed E-state index contributed by atoms with van der Waals surface area (Å²) in [6, 6.07) is 31.9. The number of hydrogen-bond acceptors (Lipinski definition) is 4. The lowest BCUT2D eigenvalue weighted by Crippen LogP contribution is -2.42. The SMILES string of the molecule is COc1ccc(S(=O)(=O)N(CC(=O)NC(c2ccccc2)c2ccccc2)c2ccc(C)cc2)cc1. The Morgan fingerprint density at radius 2 is 1.33 bits per heavy atom. The molecular weight excluding hydrogens is 472 g/mol. The van der Waals surface area contributed by atoms with Crippen LogP contribution >= 0.6 is 0 Å². The van der Waals surface area contributed by atoms with E-state index in [0.29, 0.717) is 11.4 Å². The van der Waals surface area contributed by atoms with Crippen LogP contribution in [0.4, 0.5) is 5.69 Å². The molecule has 0 aliphatic heterocycles. The second kappa shape index (κ2) is 11.1. The van der Waals surface area contributed by atoms with Crippen LogP contribution in [0.15, 0.2) is 114 Å². The second-order valence-corrected chi connectivity index (χ2v) is 10.2. The highest BCUT2D eigenvalue weighted by Gasteiger charge is 2.28. The van der Waals surface area contributed by atoms with E-state index in [4.69, 9.17) is 4.74 Å². The highest BCUT2D eigenvalue weighted by atomic mass is 32.2. The van der Waals surface area contributed by atoms with Crippen molar-refractivity contribution >= 4 is 21.6 Å². The van der Waals surface area contributed by atoms with E-state index >= 15 is 0 Å². The van der Waals surface area contributed by atoms with Gasteiger partial charge in [0.2, 0.25) is 5.91 Å². The molecule has 4 aromatic rings. The second-order valence-electron chi connectivity index (χ2n) is 8.34. The lowest BCUT2D eigenvalue weighted by atomic mass is 9.99. The van der Waals surface area contributed by atoms with Crippen molar-refractivity contribution in [2.75, 3.05) is 18.0 Å². The van der Waals surface area contributed by atoms with Crippen LogP contribution in [0.3, 0.4) is 0 Å². The standard InChI is InChI=1S/C29H28N2O4S/c1-22-13-15-25(16-14-22)31(36(33,34)27-19-17-26(35-2)18-20-27)21-28(32)30-29(23-9-5-3-6-10-23)24-11-7-4-8-12-24/h3-20,29H,21H2,1-2H3,(H,30,32). The van der Waals surface area contributed by atoms with Gasteiger partial charge in [0.15, 0.2) is 0 Å². The molecule has 0 heterocycles. The Morgan fingerprint density at radius 3 is 1.83 bits per heavy atom. The first-order valence-corrected chi connectivity index (χ1v) is 13.0. The first kappa shape index (κ1) is 25.0. The minimum absolute atomic E-state index is 0.0688. The van der Waals surface area contributed by atoms with Gasteiger partial charge >= 0.3 is 0 Å². The summed E-state index contributed by atoms with van der Waals surface area (Å²) in [5, 5.41) is 3.04. The highest BCUT2D eigenvalue weighted by Crippen LogP contribution is 2.26. The molecular formula is C29H28N2O4S. The number of carbonyl (C=O) groups excluding carboxylic acids is 1. The maximum absolute atomic E-state index is 13.7. The van der Waals surface area contributed by atoms with Crippen LogP contribution in [0.2, 0.25) is 0 Å². The number of anilines is 1. The van der Waals surface area contributed by atoms with Gasteiger partial charge < -0.3 is 10.1 Å². The van der Waals surface area contributed by atoms with E-state index in [1.165, 1.54) is 19.2 Å². The van der Waals surface area contributed by atoms with Crippen molar-refractivity contribution in [1.82, 2.24) is 5.32 Å². The van der Waals surface area contributed by atoms with E-state index in [0.717, 1.165) is 21.0 Å². The topological polar surface area (TPSA) is 75.7 Å². The van der Waals surface area contributed by atoms with Gasteiger partial charge in [0.1, 0.15) is 12.3 Å². The minimum atomic E-state index is -4.04. The number of rotatable bonds is 9. The maximum atomic E-state index is 13.7. The van der Waals surface area contributed by atoms with Gasteiger partial charge in [0.05, 0.1) is 23.7 Å². The van der Waals surface area contributed by atoms with Gasteiger partial charge in [0, 0.05) is 0 Å². The molecule has 0 saturated heterocycles. The van der Waals surface area contributed by atoms with Crippen molar-refractivity contribution in [3.8, 4) is 5.75 Å². The van der Waals surface area contributed by atoms with E-state index in [2.05, 4.69) is 5.32 Å². The van der Waals surface area contributed by atoms with Crippen LogP contribution in [-0.2, 0) is 14.8 Å². The predicted octanol–water partition coefficient (Wildman–Crippen LogP) is 5.10. The van der Waals surface area contributed by atoms with E-state index in [-0.39, 0.29) is 11.4 Å². The largest absolute Gasteiger partial charge is 0.497 e. The number of nitrogens with one attached hydrogen (secondary N) is 1. The molecule has 4 rings (SSSR count). The zero-order valence-corrected chi connectivity index (χ0v) is 21.0. The monoisotopic (exact) mass is 500 g/mol. The van der Waals surface area contributed by atoms with Crippen molar-refractivity contribution in [2.45, 2.75) is 17.9 Å². The minimum Gasteiger partial charge on any atom is -0.497 e. The first-order valence-electron chi connectivity index (χ1n) is 11.5. The smallest absolute Gasteiger partial charge is 0.264 e. The van der Waals surface area contributed by atoms with Crippen molar-refractivity contribution < 1.29 is 17.9 Å². The van der Waals surface area contributed by atoms with E-state index in [1.54, 1.807) is 24.3 Å². The molecule has 0 unspecified atom stereocenters. The molecule has 36 heavy (non-hydrogen) atoms. The molecule has 1 amide bonds. The molecule has 4 aromatic carbocycles. The third-order valence-corrected chi connectivity index (χ3v) is 7.62. The molecule has 1 N–H and O–H groups in total. The van der Waals surface area contributed by atoms with Gasteiger partial charge in [-0.3, -0.25) is 9.10 Å². The van der Waals surface area contributed by atoms with Crippen LogP contribution in [0, 0.1) is 6.92 Å². The molecule has 0 fully saturated rings. The third-order valence-electron chi connectivity index (χ3n) is 5.83. The molecule has 0 bridgehead atoms. The van der Waals surface area contributed by atoms with Gasteiger partial charge in [-0.1, -0.05) is 78.4 Å². The number of sulfonamides is 1. The normalized spacial score (nSPS) is 11.2. The fourth-order valence-corrected chi connectivity index (χ4v) is 5.31. The van der Waals surface area contributed by atoms with Gasteiger partial charge in [0.25, 0.3) is 10.0 Å². The molecule has 0 saturated carbocycles. The number of aryl methyl sites for hydroxylation is 1. The zero-order chi connectivity index (χ0) is 25.5. The summed E-state index contributed by atoms with van der Waals surface area (Å²) in [5.41, 5.74) is 3.19. The van der Waals surface area contributed by atoms with Crippen LogP contribution in [0.25, 0.3) is 0 Å². The molecule has 7 heteroatoms. The number of carbonyl (C=O) groups is 1. The Bertz CT molecular complexity index is 1350. The number of ether oxygens (including phenoxy) is 1. The lowest BCUT2D eigenvalue weighted by molar-refractivity contribution is -0.120. The van der Waals surface area contributed by atoms with Crippen molar-refractivity contribution in [3.05, 3.63) is 126 Å². The Balaban J connectivity index is 1.67. The average molecular weight is 501 g/mol. The summed E-state index contributed by atoms with van der Waals surface area (Å²) in [4.78, 5) is 13.5. The number of methoxy groups -OCH3 is 1. The van der Waals surface area contributed by atoms with Gasteiger partial charge in [-0.25, -0.2) is 8.42 Å². The fraction of sp³-hybridized carbons (Fsp3) is 0.138. The number of hydrogen-bond donors (Lipinski definition) is 1. The molecule has 0 aromatic heterocycles. The molecule has 184 valence electrons. The van der Waals surface area contributed by atoms with Crippen LogP contribution < -0.4 is 14.4 Å².